The van der Waals surface area contributed by atoms with Crippen molar-refractivity contribution >= 4 is 34.4 Å². The van der Waals surface area contributed by atoms with Crippen LogP contribution in [-0.2, 0) is 15.0 Å². The van der Waals surface area contributed by atoms with Crippen LogP contribution in [0.25, 0.3) is 11.0 Å². The van der Waals surface area contributed by atoms with Crippen molar-refractivity contribution in [2.24, 2.45) is 5.92 Å². The van der Waals surface area contributed by atoms with Gasteiger partial charge in [-0.1, -0.05) is 38.1 Å². The summed E-state index contributed by atoms with van der Waals surface area (Å²) in [6.07, 6.45) is 7.10. The SMILES string of the molecule is Cc1nc2ccccc2n1[C@H]1C[C@H]2CC[C@@H](C1)N2CCC1(c2cccc(F)c2)CCN(C(=O)C(C)(NC(=O)CCl)C(C)C)CC1. The number of rotatable bonds is 9. The van der Waals surface area contributed by atoms with E-state index >= 15 is 0 Å². The number of alkyl halides is 1. The molecule has 2 amide bonds. The third-order valence-electron chi connectivity index (χ3n) is 11.4. The lowest BCUT2D eigenvalue weighted by molar-refractivity contribution is -0.144. The third kappa shape index (κ3) is 6.00. The van der Waals surface area contributed by atoms with E-state index in [9.17, 15) is 14.0 Å². The van der Waals surface area contributed by atoms with Crippen molar-refractivity contribution in [2.75, 3.05) is 25.5 Å². The predicted octanol–water partition coefficient (Wildman–Crippen LogP) is 6.37. The first kappa shape index (κ1) is 32.0. The summed E-state index contributed by atoms with van der Waals surface area (Å²) in [6.45, 7) is 9.91. The molecule has 0 saturated carbocycles. The molecule has 2 bridgehead atoms. The van der Waals surface area contributed by atoms with Crippen molar-refractivity contribution in [3.05, 3.63) is 65.7 Å². The predicted molar refractivity (Wildman–Crippen MR) is 177 cm³/mol. The zero-order chi connectivity index (χ0) is 31.9. The third-order valence-corrected chi connectivity index (χ3v) is 11.7. The van der Waals surface area contributed by atoms with Crippen molar-refractivity contribution in [3.8, 4) is 0 Å². The topological polar surface area (TPSA) is 70.5 Å². The molecule has 3 aliphatic rings. The highest BCUT2D eigenvalue weighted by atomic mass is 35.5. The van der Waals surface area contributed by atoms with Crippen LogP contribution in [0.4, 0.5) is 4.39 Å². The van der Waals surface area contributed by atoms with Gasteiger partial charge in [-0.2, -0.15) is 0 Å². The Kier molecular flexibility index (Phi) is 9.01. The Morgan fingerprint density at radius 3 is 2.40 bits per heavy atom. The normalized spacial score (nSPS) is 24.6. The van der Waals surface area contributed by atoms with E-state index in [0.29, 0.717) is 31.2 Å². The molecule has 3 saturated heterocycles. The number of halogens is 2. The number of aromatic nitrogens is 2. The van der Waals surface area contributed by atoms with Crippen molar-refractivity contribution in [2.45, 2.75) is 102 Å². The van der Waals surface area contributed by atoms with Crippen LogP contribution in [0.3, 0.4) is 0 Å². The number of nitrogens with zero attached hydrogens (tertiary/aromatic N) is 4. The average molecular weight is 636 g/mol. The summed E-state index contributed by atoms with van der Waals surface area (Å²) >= 11 is 5.78. The number of carbonyl (C=O) groups excluding carboxylic acids is 2. The van der Waals surface area contributed by atoms with E-state index in [1.165, 1.54) is 24.4 Å². The van der Waals surface area contributed by atoms with E-state index < -0.39 is 5.54 Å². The highest BCUT2D eigenvalue weighted by molar-refractivity contribution is 6.27. The highest BCUT2D eigenvalue weighted by Crippen LogP contribution is 2.45. The van der Waals surface area contributed by atoms with Gasteiger partial charge in [0.25, 0.3) is 0 Å². The first-order valence-electron chi connectivity index (χ1n) is 16.7. The Hall–Kier alpha value is -2.97. The molecule has 3 aliphatic heterocycles. The van der Waals surface area contributed by atoms with Crippen LogP contribution in [-0.4, -0.2) is 74.3 Å². The fourth-order valence-corrected chi connectivity index (χ4v) is 8.59. The zero-order valence-corrected chi connectivity index (χ0v) is 27.8. The number of hydrogen-bond donors (Lipinski definition) is 1. The lowest BCUT2D eigenvalue weighted by Crippen LogP contribution is -2.62. The summed E-state index contributed by atoms with van der Waals surface area (Å²) in [4.78, 5) is 35.6. The van der Waals surface area contributed by atoms with E-state index in [4.69, 9.17) is 16.6 Å². The molecular weight excluding hydrogens is 589 g/mol. The lowest BCUT2D eigenvalue weighted by atomic mass is 9.69. The molecule has 0 aliphatic carbocycles. The van der Waals surface area contributed by atoms with E-state index in [1.54, 1.807) is 13.0 Å². The van der Waals surface area contributed by atoms with Crippen LogP contribution in [0.2, 0.25) is 0 Å². The van der Waals surface area contributed by atoms with Gasteiger partial charge in [0.2, 0.25) is 11.8 Å². The summed E-state index contributed by atoms with van der Waals surface area (Å²) in [5.74, 6) is 0.167. The summed E-state index contributed by atoms with van der Waals surface area (Å²) in [6, 6.07) is 17.0. The maximum absolute atomic E-state index is 14.6. The number of amides is 2. The van der Waals surface area contributed by atoms with Crippen molar-refractivity contribution in [1.82, 2.24) is 24.7 Å². The van der Waals surface area contributed by atoms with Gasteiger partial charge in [-0.25, -0.2) is 9.37 Å². The number of carbonyl (C=O) groups is 2. The summed E-state index contributed by atoms with van der Waals surface area (Å²) in [5, 5.41) is 2.89. The molecule has 6 rings (SSSR count). The van der Waals surface area contributed by atoms with Crippen LogP contribution in [0, 0.1) is 18.7 Å². The molecule has 45 heavy (non-hydrogen) atoms. The maximum atomic E-state index is 14.6. The molecule has 242 valence electrons. The zero-order valence-electron chi connectivity index (χ0n) is 27.1. The van der Waals surface area contributed by atoms with Gasteiger partial charge in [-0.15, -0.1) is 11.6 Å². The minimum Gasteiger partial charge on any atom is -0.341 e. The molecule has 4 atom stereocenters. The van der Waals surface area contributed by atoms with Crippen LogP contribution in [0.1, 0.15) is 83.1 Å². The van der Waals surface area contributed by atoms with Gasteiger partial charge in [0.05, 0.1) is 11.0 Å². The van der Waals surface area contributed by atoms with Gasteiger partial charge in [0, 0.05) is 31.2 Å². The van der Waals surface area contributed by atoms with E-state index in [0.717, 1.165) is 55.6 Å². The monoisotopic (exact) mass is 635 g/mol. The van der Waals surface area contributed by atoms with Gasteiger partial charge in [0.1, 0.15) is 23.1 Å². The molecule has 0 radical (unpaired) electrons. The van der Waals surface area contributed by atoms with Crippen molar-refractivity contribution in [1.29, 1.82) is 0 Å². The second kappa shape index (κ2) is 12.7. The Bertz CT molecular complexity index is 1540. The van der Waals surface area contributed by atoms with E-state index in [1.807, 2.05) is 24.8 Å². The smallest absolute Gasteiger partial charge is 0.248 e. The van der Waals surface area contributed by atoms with E-state index in [-0.39, 0.29) is 34.8 Å². The number of para-hydroxylation sites is 2. The molecule has 4 heterocycles. The van der Waals surface area contributed by atoms with Gasteiger partial charge in [-0.05, 0) is 106 Å². The van der Waals surface area contributed by atoms with Crippen LogP contribution < -0.4 is 5.32 Å². The average Bonchev–Trinajstić information content (AvgIpc) is 3.49. The van der Waals surface area contributed by atoms with Crippen LogP contribution in [0.5, 0.6) is 0 Å². The molecule has 3 fully saturated rings. The summed E-state index contributed by atoms with van der Waals surface area (Å²) < 4.78 is 17.1. The molecule has 7 nitrogen and oxygen atoms in total. The molecule has 1 aromatic heterocycles. The molecule has 0 spiro atoms. The first-order valence-corrected chi connectivity index (χ1v) is 17.2. The molecule has 2 aromatic carbocycles. The van der Waals surface area contributed by atoms with Crippen molar-refractivity contribution < 1.29 is 14.0 Å². The minimum atomic E-state index is -1.03. The van der Waals surface area contributed by atoms with Gasteiger partial charge < -0.3 is 14.8 Å². The van der Waals surface area contributed by atoms with E-state index in [2.05, 4.69) is 52.0 Å². The Balaban J connectivity index is 1.18. The Morgan fingerprint density at radius 2 is 1.76 bits per heavy atom. The summed E-state index contributed by atoms with van der Waals surface area (Å²) in [7, 11) is 0. The van der Waals surface area contributed by atoms with Crippen LogP contribution >= 0.6 is 11.6 Å². The number of benzene rings is 2. The number of imidazole rings is 1. The Labute approximate surface area is 271 Å². The Morgan fingerprint density at radius 1 is 1.07 bits per heavy atom. The molecule has 1 N–H and O–H groups in total. The van der Waals surface area contributed by atoms with Gasteiger partial charge in [-0.3, -0.25) is 14.5 Å². The maximum Gasteiger partial charge on any atom is 0.248 e. The van der Waals surface area contributed by atoms with Gasteiger partial charge in [0.15, 0.2) is 0 Å². The minimum absolute atomic E-state index is 0.0776. The number of nitrogens with one attached hydrogen (secondary N) is 1. The second-order valence-electron chi connectivity index (χ2n) is 14.1. The quantitative estimate of drug-likeness (QED) is 0.277. The fourth-order valence-electron chi connectivity index (χ4n) is 8.53. The highest BCUT2D eigenvalue weighted by Gasteiger charge is 2.46. The number of hydrogen-bond acceptors (Lipinski definition) is 4. The van der Waals surface area contributed by atoms with Gasteiger partial charge >= 0.3 is 0 Å². The number of likely N-dealkylation sites (tertiary alicyclic amines) is 1. The van der Waals surface area contributed by atoms with Crippen molar-refractivity contribution in [3.63, 3.8) is 0 Å². The number of aryl methyl sites for hydroxylation is 1. The number of fused-ring (bicyclic) bond motifs is 3. The standard InChI is InChI=1S/C36H47ClFN5O2/c1-24(2)35(4,40-33(44)23-37)34(45)41-17-14-36(15-18-41,26-8-7-9-27(38)20-26)16-19-42-28-12-13-29(42)22-30(21-28)43-25(3)39-31-10-5-6-11-32(31)43/h5-11,20,24,28-30H,12-19,21-23H2,1-4H3,(H,40,44)/t28-,29+,30+,35?. The largest absolute Gasteiger partial charge is 0.341 e. The number of piperidine rings is 2. The summed E-state index contributed by atoms with van der Waals surface area (Å²) in [5.41, 5.74) is 2.07. The molecular formula is C36H47ClFN5O2. The molecule has 3 aromatic rings. The van der Waals surface area contributed by atoms with Crippen LogP contribution in [0.15, 0.2) is 48.5 Å². The second-order valence-corrected chi connectivity index (χ2v) is 14.4. The first-order chi connectivity index (χ1) is 21.5. The molecule has 9 heteroatoms. The fraction of sp³-hybridized carbons (Fsp3) is 0.583. The lowest BCUT2D eigenvalue weighted by Gasteiger charge is -2.47. The molecule has 1 unspecified atom stereocenters.